The maximum atomic E-state index is 13.5. The van der Waals surface area contributed by atoms with Gasteiger partial charge in [-0.1, -0.05) is 0 Å². The van der Waals surface area contributed by atoms with Crippen LogP contribution >= 0.6 is 0 Å². The zero-order valence-electron chi connectivity index (χ0n) is 10.3. The number of rotatable bonds is 1. The monoisotopic (exact) mass is 255 g/mol. The van der Waals surface area contributed by atoms with Crippen LogP contribution in [0.2, 0.25) is 0 Å². The first kappa shape index (κ1) is 13.0. The van der Waals surface area contributed by atoms with Gasteiger partial charge in [0.2, 0.25) is 0 Å². The molecule has 2 atom stereocenters. The number of halogens is 2. The van der Waals surface area contributed by atoms with Crippen molar-refractivity contribution in [2.45, 2.75) is 26.1 Å². The molecule has 3 nitrogen and oxygen atoms in total. The summed E-state index contributed by atoms with van der Waals surface area (Å²) in [4.78, 5) is 13.7. The number of hydrogen-bond acceptors (Lipinski definition) is 2. The van der Waals surface area contributed by atoms with E-state index in [1.807, 2.05) is 13.8 Å². The van der Waals surface area contributed by atoms with E-state index < -0.39 is 17.5 Å². The van der Waals surface area contributed by atoms with Gasteiger partial charge in [-0.25, -0.2) is 8.78 Å². The highest BCUT2D eigenvalue weighted by atomic mass is 19.1. The van der Waals surface area contributed by atoms with Crippen molar-refractivity contribution in [2.24, 2.45) is 0 Å². The van der Waals surface area contributed by atoms with E-state index in [0.717, 1.165) is 12.1 Å². The quantitative estimate of drug-likeness (QED) is 0.770. The summed E-state index contributed by atoms with van der Waals surface area (Å²) in [5.74, 6) is -1.94. The zero-order chi connectivity index (χ0) is 13.3. The SMILES string of the molecule is CC1CN(C(=O)c2ccc(F)cc2F)CC(C)O1. The Morgan fingerprint density at radius 1 is 1.28 bits per heavy atom. The van der Waals surface area contributed by atoms with E-state index in [2.05, 4.69) is 0 Å². The van der Waals surface area contributed by atoms with Crippen LogP contribution in [0.25, 0.3) is 0 Å². The second-order valence-corrected chi connectivity index (χ2v) is 4.59. The van der Waals surface area contributed by atoms with Gasteiger partial charge < -0.3 is 9.64 Å². The molecule has 0 spiro atoms. The lowest BCUT2D eigenvalue weighted by Crippen LogP contribution is -2.48. The van der Waals surface area contributed by atoms with Crippen molar-refractivity contribution in [1.29, 1.82) is 0 Å². The Morgan fingerprint density at radius 2 is 1.89 bits per heavy atom. The molecule has 0 saturated carbocycles. The Morgan fingerprint density at radius 3 is 2.44 bits per heavy atom. The predicted molar refractivity (Wildman–Crippen MR) is 62.3 cm³/mol. The molecule has 5 heteroatoms. The molecule has 1 aromatic carbocycles. The molecule has 0 radical (unpaired) electrons. The van der Waals surface area contributed by atoms with Gasteiger partial charge in [-0.3, -0.25) is 4.79 Å². The number of hydrogen-bond donors (Lipinski definition) is 0. The van der Waals surface area contributed by atoms with Crippen LogP contribution in [0.3, 0.4) is 0 Å². The number of nitrogens with zero attached hydrogens (tertiary/aromatic N) is 1. The Balaban J connectivity index is 2.20. The minimum absolute atomic E-state index is 0.0822. The molecule has 1 aliphatic rings. The van der Waals surface area contributed by atoms with Gasteiger partial charge in [-0.15, -0.1) is 0 Å². The van der Waals surface area contributed by atoms with Crippen LogP contribution in [0, 0.1) is 11.6 Å². The molecule has 18 heavy (non-hydrogen) atoms. The van der Waals surface area contributed by atoms with E-state index in [9.17, 15) is 13.6 Å². The van der Waals surface area contributed by atoms with E-state index in [4.69, 9.17) is 4.74 Å². The first-order chi connectivity index (χ1) is 8.47. The van der Waals surface area contributed by atoms with Crippen LogP contribution in [0.5, 0.6) is 0 Å². The normalized spacial score (nSPS) is 24.1. The van der Waals surface area contributed by atoms with Crippen molar-refractivity contribution in [2.75, 3.05) is 13.1 Å². The molecule has 0 N–H and O–H groups in total. The van der Waals surface area contributed by atoms with Gasteiger partial charge in [-0.05, 0) is 26.0 Å². The second kappa shape index (κ2) is 5.02. The summed E-state index contributed by atoms with van der Waals surface area (Å²) >= 11 is 0. The molecule has 1 fully saturated rings. The number of amides is 1. The van der Waals surface area contributed by atoms with Crippen molar-refractivity contribution in [3.05, 3.63) is 35.4 Å². The number of carbonyl (C=O) groups excluding carboxylic acids is 1. The fraction of sp³-hybridized carbons (Fsp3) is 0.462. The van der Waals surface area contributed by atoms with Crippen molar-refractivity contribution >= 4 is 5.91 Å². The standard InChI is InChI=1S/C13H15F2NO2/c1-8-6-16(7-9(2)18-8)13(17)11-4-3-10(14)5-12(11)15/h3-5,8-9H,6-7H2,1-2H3. The minimum atomic E-state index is -0.827. The second-order valence-electron chi connectivity index (χ2n) is 4.59. The highest BCUT2D eigenvalue weighted by Crippen LogP contribution is 2.17. The van der Waals surface area contributed by atoms with E-state index in [1.165, 1.54) is 11.0 Å². The minimum Gasteiger partial charge on any atom is -0.372 e. The van der Waals surface area contributed by atoms with Crippen LogP contribution in [0.1, 0.15) is 24.2 Å². The van der Waals surface area contributed by atoms with Gasteiger partial charge in [0.05, 0.1) is 17.8 Å². The number of benzene rings is 1. The van der Waals surface area contributed by atoms with Crippen molar-refractivity contribution < 1.29 is 18.3 Å². The molecule has 1 heterocycles. The zero-order valence-corrected chi connectivity index (χ0v) is 10.3. The van der Waals surface area contributed by atoms with Crippen LogP contribution in [-0.2, 0) is 4.74 Å². The summed E-state index contributed by atoms with van der Waals surface area (Å²) in [6.45, 7) is 4.55. The van der Waals surface area contributed by atoms with Crippen molar-refractivity contribution in [3.63, 3.8) is 0 Å². The number of ether oxygens (including phenoxy) is 1. The van der Waals surface area contributed by atoms with Gasteiger partial charge in [0.25, 0.3) is 5.91 Å². The molecule has 2 unspecified atom stereocenters. The van der Waals surface area contributed by atoms with Crippen LogP contribution in [-0.4, -0.2) is 36.1 Å². The van der Waals surface area contributed by atoms with Crippen LogP contribution in [0.15, 0.2) is 18.2 Å². The predicted octanol–water partition coefficient (Wildman–Crippen LogP) is 2.21. The Hall–Kier alpha value is -1.49. The summed E-state index contributed by atoms with van der Waals surface area (Å²) < 4.78 is 31.8. The van der Waals surface area contributed by atoms with Crippen LogP contribution in [0.4, 0.5) is 8.78 Å². The third-order valence-electron chi connectivity index (χ3n) is 2.87. The molecule has 2 rings (SSSR count). The summed E-state index contributed by atoms with van der Waals surface area (Å²) in [7, 11) is 0. The summed E-state index contributed by atoms with van der Waals surface area (Å²) in [6, 6.07) is 2.99. The van der Waals surface area contributed by atoms with Gasteiger partial charge in [-0.2, -0.15) is 0 Å². The van der Waals surface area contributed by atoms with Gasteiger partial charge in [0, 0.05) is 19.2 Å². The number of carbonyl (C=O) groups is 1. The van der Waals surface area contributed by atoms with Crippen molar-refractivity contribution in [1.82, 2.24) is 4.90 Å². The van der Waals surface area contributed by atoms with Crippen molar-refractivity contribution in [3.8, 4) is 0 Å². The fourth-order valence-electron chi connectivity index (χ4n) is 2.18. The lowest BCUT2D eigenvalue weighted by molar-refractivity contribution is -0.0587. The molecule has 1 amide bonds. The molecule has 98 valence electrons. The molecule has 1 aromatic rings. The van der Waals surface area contributed by atoms with Gasteiger partial charge in [0.15, 0.2) is 0 Å². The Bertz CT molecular complexity index is 454. The molecular weight excluding hydrogens is 240 g/mol. The summed E-state index contributed by atoms with van der Waals surface area (Å²) in [5, 5.41) is 0. The maximum Gasteiger partial charge on any atom is 0.257 e. The Kier molecular flexibility index (Phi) is 3.61. The largest absolute Gasteiger partial charge is 0.372 e. The smallest absolute Gasteiger partial charge is 0.257 e. The summed E-state index contributed by atoms with van der Waals surface area (Å²) in [5.41, 5.74) is -0.0994. The van der Waals surface area contributed by atoms with E-state index in [0.29, 0.717) is 13.1 Å². The van der Waals surface area contributed by atoms with E-state index >= 15 is 0 Å². The highest BCUT2D eigenvalue weighted by Gasteiger charge is 2.27. The molecule has 0 aromatic heterocycles. The van der Waals surface area contributed by atoms with E-state index in [1.54, 1.807) is 0 Å². The maximum absolute atomic E-state index is 13.5. The number of morpholine rings is 1. The third kappa shape index (κ3) is 2.67. The Labute approximate surface area is 104 Å². The lowest BCUT2D eigenvalue weighted by Gasteiger charge is -2.35. The molecule has 1 saturated heterocycles. The highest BCUT2D eigenvalue weighted by molar-refractivity contribution is 5.94. The van der Waals surface area contributed by atoms with Crippen LogP contribution < -0.4 is 0 Å². The molecule has 1 aliphatic heterocycles. The lowest BCUT2D eigenvalue weighted by atomic mass is 10.1. The fourth-order valence-corrected chi connectivity index (χ4v) is 2.18. The van der Waals surface area contributed by atoms with E-state index in [-0.39, 0.29) is 17.8 Å². The average Bonchev–Trinajstić information content (AvgIpc) is 2.26. The molecule has 0 bridgehead atoms. The van der Waals surface area contributed by atoms with Gasteiger partial charge in [0.1, 0.15) is 11.6 Å². The third-order valence-corrected chi connectivity index (χ3v) is 2.87. The first-order valence-electron chi connectivity index (χ1n) is 5.87. The molecule has 0 aliphatic carbocycles. The first-order valence-corrected chi connectivity index (χ1v) is 5.87. The topological polar surface area (TPSA) is 29.5 Å². The molecular formula is C13H15F2NO2. The summed E-state index contributed by atoms with van der Waals surface area (Å²) in [6.07, 6.45) is -0.164. The average molecular weight is 255 g/mol. The van der Waals surface area contributed by atoms with Gasteiger partial charge >= 0.3 is 0 Å².